The molecule has 0 aliphatic heterocycles. The van der Waals surface area contributed by atoms with E-state index in [2.05, 4.69) is 70.2 Å². The van der Waals surface area contributed by atoms with E-state index in [1.807, 2.05) is 91.1 Å². The molecule has 172 valence electrons. The first-order chi connectivity index (χ1) is 17.1. The number of carbonyl (C=O) groups is 1. The first kappa shape index (κ1) is 23.5. The predicted octanol–water partition coefficient (Wildman–Crippen LogP) is 7.86. The van der Waals surface area contributed by atoms with E-state index in [-0.39, 0.29) is 5.91 Å². The highest BCUT2D eigenvalue weighted by molar-refractivity contribution is 14.1. The molecular weight excluding hydrogens is 664 g/mol. The topological polar surface area (TPSA) is 61.4 Å². The van der Waals surface area contributed by atoms with Crippen LogP contribution in [0.3, 0.4) is 0 Å². The van der Waals surface area contributed by atoms with Gasteiger partial charge in [-0.1, -0.05) is 24.3 Å². The molecule has 0 spiro atoms. The fourth-order valence-corrected chi connectivity index (χ4v) is 4.99. The van der Waals surface area contributed by atoms with Crippen molar-refractivity contribution in [3.05, 3.63) is 115 Å². The van der Waals surface area contributed by atoms with E-state index in [1.165, 1.54) is 0 Å². The molecule has 6 nitrogen and oxygen atoms in total. The quantitative estimate of drug-likeness (QED) is 0.146. The highest BCUT2D eigenvalue weighted by Gasteiger charge is 2.17. The zero-order valence-electron chi connectivity index (χ0n) is 18.3. The molecule has 0 saturated carbocycles. The molecule has 0 saturated heterocycles. The number of para-hydroxylation sites is 1. The third-order valence-electron chi connectivity index (χ3n) is 5.40. The molecule has 1 N–H and O–H groups in total. The number of nitrogens with zero attached hydrogens (tertiary/aromatic N) is 4. The van der Waals surface area contributed by atoms with Gasteiger partial charge in [0.05, 0.1) is 68.3 Å². The molecule has 8 heteroatoms. The van der Waals surface area contributed by atoms with Gasteiger partial charge in [-0.3, -0.25) is 17.9 Å². The van der Waals surface area contributed by atoms with Crippen molar-refractivity contribution in [1.82, 2.24) is 9.97 Å². The molecular formula is C27H19I2N5O. The molecule has 5 aromatic rings. The number of carbonyl (C=O) groups excluding carboxylic acids is 1. The lowest BCUT2D eigenvalue weighted by atomic mass is 10.1. The van der Waals surface area contributed by atoms with Gasteiger partial charge in [0.1, 0.15) is 0 Å². The van der Waals surface area contributed by atoms with E-state index in [4.69, 9.17) is 0 Å². The number of halogens is 2. The molecule has 0 fully saturated rings. The maximum Gasteiger partial charge on any atom is 0.267 e. The van der Waals surface area contributed by atoms with Crippen LogP contribution in [0.4, 0.5) is 28.4 Å². The van der Waals surface area contributed by atoms with Gasteiger partial charge in [0, 0.05) is 40.9 Å². The van der Waals surface area contributed by atoms with E-state index >= 15 is 0 Å². The van der Waals surface area contributed by atoms with Crippen LogP contribution < -0.4 is 11.5 Å². The lowest BCUT2D eigenvalue weighted by Crippen LogP contribution is -2.20. The van der Waals surface area contributed by atoms with Crippen LogP contribution in [0.5, 0.6) is 0 Å². The molecule has 0 unspecified atom stereocenters. The van der Waals surface area contributed by atoms with Crippen molar-refractivity contribution in [3.8, 4) is 0 Å². The minimum absolute atomic E-state index is 0.0902. The number of aromatic nitrogens is 2. The molecule has 2 aromatic heterocycles. The van der Waals surface area contributed by atoms with Crippen LogP contribution in [0.1, 0.15) is 10.4 Å². The number of nitrogens with one attached hydrogen (secondary N) is 1. The molecule has 5 rings (SSSR count). The number of amides is 1. The molecule has 1 amide bonds. The van der Waals surface area contributed by atoms with Crippen molar-refractivity contribution in [2.45, 2.75) is 0 Å². The average Bonchev–Trinajstić information content (AvgIpc) is 2.92. The third kappa shape index (κ3) is 5.22. The minimum Gasteiger partial charge on any atom is -0.355 e. The Morgan fingerprint density at radius 1 is 0.743 bits per heavy atom. The van der Waals surface area contributed by atoms with E-state index < -0.39 is 0 Å². The summed E-state index contributed by atoms with van der Waals surface area (Å²) in [6.07, 6.45) is 5.28. The van der Waals surface area contributed by atoms with Crippen LogP contribution in [0.15, 0.2) is 110 Å². The third-order valence-corrected chi connectivity index (χ3v) is 7.47. The summed E-state index contributed by atoms with van der Waals surface area (Å²) < 4.78 is 3.70. The van der Waals surface area contributed by atoms with Gasteiger partial charge in [0.2, 0.25) is 0 Å². The highest BCUT2D eigenvalue weighted by Crippen LogP contribution is 2.35. The Morgan fingerprint density at radius 2 is 1.51 bits per heavy atom. The van der Waals surface area contributed by atoms with Crippen molar-refractivity contribution < 1.29 is 4.79 Å². The summed E-state index contributed by atoms with van der Waals surface area (Å²) in [6.45, 7) is 0. The smallest absolute Gasteiger partial charge is 0.267 e. The van der Waals surface area contributed by atoms with Gasteiger partial charge in [0.25, 0.3) is 5.91 Å². The minimum atomic E-state index is -0.0902. The Kier molecular flexibility index (Phi) is 7.09. The number of hydrogen-bond donors (Lipinski definition) is 1. The van der Waals surface area contributed by atoms with Crippen LogP contribution in [-0.2, 0) is 0 Å². The van der Waals surface area contributed by atoms with Crippen molar-refractivity contribution in [3.63, 3.8) is 0 Å². The Hall–Kier alpha value is -3.25. The van der Waals surface area contributed by atoms with Gasteiger partial charge in [-0.15, -0.1) is 0 Å². The summed E-state index contributed by atoms with van der Waals surface area (Å²) >= 11 is 4.34. The van der Waals surface area contributed by atoms with Crippen LogP contribution in [0, 0.1) is 0 Å². The lowest BCUT2D eigenvalue weighted by molar-refractivity contribution is 0.101. The first-order valence-corrected chi connectivity index (χ1v) is 12.7. The van der Waals surface area contributed by atoms with Gasteiger partial charge >= 0.3 is 0 Å². The molecule has 0 atom stereocenters. The van der Waals surface area contributed by atoms with Crippen LogP contribution in [-0.4, -0.2) is 15.9 Å². The SMILES string of the molecule is O=C(c1ccc(N(I)c2ccnc3ccccc23)cc1)N(I)c1cccc(Nc2ccncc2)c1. The lowest BCUT2D eigenvalue weighted by Gasteiger charge is -2.20. The maximum absolute atomic E-state index is 13.2. The van der Waals surface area contributed by atoms with Crippen molar-refractivity contribution in [1.29, 1.82) is 0 Å². The average molecular weight is 683 g/mol. The van der Waals surface area contributed by atoms with Gasteiger partial charge in [-0.25, -0.2) is 3.11 Å². The summed E-state index contributed by atoms with van der Waals surface area (Å²) in [6, 6.07) is 29.2. The Balaban J connectivity index is 1.34. The summed E-state index contributed by atoms with van der Waals surface area (Å²) in [5, 5.41) is 4.41. The second kappa shape index (κ2) is 10.6. The fourth-order valence-electron chi connectivity index (χ4n) is 3.66. The van der Waals surface area contributed by atoms with Gasteiger partial charge in [-0.05, 0) is 66.7 Å². The highest BCUT2D eigenvalue weighted by atomic mass is 127. The standard InChI is InChI=1S/C27H19I2N5O/c28-33(26-14-17-31-25-7-2-1-6-24(25)26)22-10-8-19(9-11-22)27(35)34(29)23-5-3-4-21(18-23)32-20-12-15-30-16-13-20/h1-18H,(H,30,32). The number of fused-ring (bicyclic) bond motifs is 1. The number of anilines is 5. The zero-order valence-corrected chi connectivity index (χ0v) is 22.7. The number of hydrogen-bond acceptors (Lipinski definition) is 5. The molecule has 3 aromatic carbocycles. The largest absolute Gasteiger partial charge is 0.355 e. The second-order valence-corrected chi connectivity index (χ2v) is 9.60. The van der Waals surface area contributed by atoms with E-state index in [9.17, 15) is 4.79 Å². The van der Waals surface area contributed by atoms with Gasteiger partial charge in [-0.2, -0.15) is 0 Å². The normalized spacial score (nSPS) is 10.7. The molecule has 2 heterocycles. The number of rotatable bonds is 6. The second-order valence-electron chi connectivity index (χ2n) is 7.67. The van der Waals surface area contributed by atoms with E-state index in [1.54, 1.807) is 15.5 Å². The summed E-state index contributed by atoms with van der Waals surface area (Å²) in [5.41, 5.74) is 6.19. The van der Waals surface area contributed by atoms with Crippen molar-refractivity contribution >= 4 is 91.0 Å². The van der Waals surface area contributed by atoms with Crippen LogP contribution >= 0.6 is 45.7 Å². The molecule has 0 aliphatic carbocycles. The molecule has 35 heavy (non-hydrogen) atoms. The van der Waals surface area contributed by atoms with E-state index in [0.29, 0.717) is 5.56 Å². The summed E-state index contributed by atoms with van der Waals surface area (Å²) in [7, 11) is 0. The van der Waals surface area contributed by atoms with Crippen molar-refractivity contribution in [2.75, 3.05) is 11.5 Å². The van der Waals surface area contributed by atoms with Crippen LogP contribution in [0.2, 0.25) is 0 Å². The van der Waals surface area contributed by atoms with Crippen LogP contribution in [0.25, 0.3) is 10.9 Å². The summed E-state index contributed by atoms with van der Waals surface area (Å²) in [5.74, 6) is -0.0902. The maximum atomic E-state index is 13.2. The number of pyridine rings is 2. The monoisotopic (exact) mass is 683 g/mol. The Labute approximate surface area is 231 Å². The zero-order chi connectivity index (χ0) is 24.2. The molecule has 0 bridgehead atoms. The van der Waals surface area contributed by atoms with Gasteiger partial charge < -0.3 is 5.32 Å². The Morgan fingerprint density at radius 3 is 2.31 bits per heavy atom. The molecule has 0 aliphatic rings. The first-order valence-electron chi connectivity index (χ1n) is 10.8. The molecule has 0 radical (unpaired) electrons. The Bertz CT molecular complexity index is 1470. The van der Waals surface area contributed by atoms with Crippen molar-refractivity contribution in [2.24, 2.45) is 0 Å². The fraction of sp³-hybridized carbons (Fsp3) is 0. The van der Waals surface area contributed by atoms with Gasteiger partial charge in [0.15, 0.2) is 0 Å². The van der Waals surface area contributed by atoms with E-state index in [0.717, 1.165) is 39.3 Å². The summed E-state index contributed by atoms with van der Waals surface area (Å²) in [4.78, 5) is 21.7. The predicted molar refractivity (Wildman–Crippen MR) is 159 cm³/mol. The number of benzene rings is 3.